The molecule has 0 radical (unpaired) electrons. The van der Waals surface area contributed by atoms with Crippen molar-refractivity contribution in [3.8, 4) is 0 Å². The van der Waals surface area contributed by atoms with Gasteiger partial charge in [-0.05, 0) is 24.6 Å². The molecule has 0 saturated heterocycles. The van der Waals surface area contributed by atoms with Crippen molar-refractivity contribution in [2.45, 2.75) is 6.42 Å². The third-order valence-electron chi connectivity index (χ3n) is 2.69. The molecule has 1 aromatic carbocycles. The standard InChI is InChI=1S/C14H16Cl2N4O/c1-21-6-2-5-17-13-8-14(19-9-18-13)20-12-4-3-10(15)7-11(12)16/h3-4,7-9H,2,5-6H2,1H3,(H2,17,18,19,20). The van der Waals surface area contributed by atoms with Gasteiger partial charge in [-0.25, -0.2) is 9.97 Å². The van der Waals surface area contributed by atoms with Crippen LogP contribution in [-0.4, -0.2) is 30.2 Å². The summed E-state index contributed by atoms with van der Waals surface area (Å²) in [7, 11) is 1.68. The number of aromatic nitrogens is 2. The number of ether oxygens (including phenoxy) is 1. The number of methoxy groups -OCH3 is 1. The zero-order valence-corrected chi connectivity index (χ0v) is 13.1. The van der Waals surface area contributed by atoms with E-state index in [9.17, 15) is 0 Å². The van der Waals surface area contributed by atoms with E-state index in [4.69, 9.17) is 27.9 Å². The molecule has 0 fully saturated rings. The van der Waals surface area contributed by atoms with Gasteiger partial charge in [0.2, 0.25) is 0 Å². The van der Waals surface area contributed by atoms with Crippen molar-refractivity contribution in [1.29, 1.82) is 0 Å². The highest BCUT2D eigenvalue weighted by Crippen LogP contribution is 2.27. The molecular formula is C14H16Cl2N4O. The summed E-state index contributed by atoms with van der Waals surface area (Å²) in [6.07, 6.45) is 2.40. The molecule has 0 spiro atoms. The van der Waals surface area contributed by atoms with E-state index in [0.29, 0.717) is 22.5 Å². The number of rotatable bonds is 7. The molecule has 7 heteroatoms. The number of anilines is 3. The van der Waals surface area contributed by atoms with Crippen LogP contribution in [0.1, 0.15) is 6.42 Å². The number of nitrogens with one attached hydrogen (secondary N) is 2. The zero-order chi connectivity index (χ0) is 15.1. The van der Waals surface area contributed by atoms with Gasteiger partial charge in [-0.3, -0.25) is 0 Å². The molecule has 0 bridgehead atoms. The molecule has 0 saturated carbocycles. The number of benzene rings is 1. The van der Waals surface area contributed by atoms with E-state index in [1.165, 1.54) is 6.33 Å². The summed E-state index contributed by atoms with van der Waals surface area (Å²) in [5.41, 5.74) is 0.741. The van der Waals surface area contributed by atoms with Gasteiger partial charge >= 0.3 is 0 Å². The highest BCUT2D eigenvalue weighted by Gasteiger charge is 2.04. The second-order valence-electron chi connectivity index (χ2n) is 4.31. The van der Waals surface area contributed by atoms with E-state index in [0.717, 1.165) is 24.5 Å². The Balaban J connectivity index is 2.00. The summed E-state index contributed by atoms with van der Waals surface area (Å²) >= 11 is 12.0. The lowest BCUT2D eigenvalue weighted by atomic mass is 10.3. The van der Waals surface area contributed by atoms with Crippen LogP contribution in [0.5, 0.6) is 0 Å². The molecule has 0 unspecified atom stereocenters. The maximum Gasteiger partial charge on any atom is 0.135 e. The number of nitrogens with zero attached hydrogens (tertiary/aromatic N) is 2. The van der Waals surface area contributed by atoms with Gasteiger partial charge in [-0.2, -0.15) is 0 Å². The van der Waals surface area contributed by atoms with Gasteiger partial charge in [0.1, 0.15) is 18.0 Å². The third-order valence-corrected chi connectivity index (χ3v) is 3.24. The Morgan fingerprint density at radius 3 is 2.71 bits per heavy atom. The summed E-state index contributed by atoms with van der Waals surface area (Å²) in [6.45, 7) is 1.50. The predicted molar refractivity (Wildman–Crippen MR) is 86.8 cm³/mol. The fraction of sp³-hybridized carbons (Fsp3) is 0.286. The minimum Gasteiger partial charge on any atom is -0.385 e. The first-order valence-electron chi connectivity index (χ1n) is 6.46. The minimum absolute atomic E-state index is 0.538. The van der Waals surface area contributed by atoms with E-state index < -0.39 is 0 Å². The van der Waals surface area contributed by atoms with Crippen LogP contribution in [0, 0.1) is 0 Å². The van der Waals surface area contributed by atoms with Gasteiger partial charge in [-0.1, -0.05) is 23.2 Å². The van der Waals surface area contributed by atoms with E-state index in [2.05, 4.69) is 20.6 Å². The molecular weight excluding hydrogens is 311 g/mol. The third kappa shape index (κ3) is 5.04. The second kappa shape index (κ2) is 8.02. The molecule has 2 N–H and O–H groups in total. The highest BCUT2D eigenvalue weighted by molar-refractivity contribution is 6.36. The molecule has 1 aromatic heterocycles. The summed E-state index contributed by atoms with van der Waals surface area (Å²) < 4.78 is 4.99. The van der Waals surface area contributed by atoms with Gasteiger partial charge in [0.15, 0.2) is 0 Å². The topological polar surface area (TPSA) is 59.1 Å². The highest BCUT2D eigenvalue weighted by atomic mass is 35.5. The molecule has 112 valence electrons. The maximum atomic E-state index is 6.12. The van der Waals surface area contributed by atoms with Gasteiger partial charge in [0.25, 0.3) is 0 Å². The van der Waals surface area contributed by atoms with Gasteiger partial charge < -0.3 is 15.4 Å². The zero-order valence-electron chi connectivity index (χ0n) is 11.6. The average Bonchev–Trinajstić information content (AvgIpc) is 2.47. The Bertz CT molecular complexity index is 595. The van der Waals surface area contributed by atoms with Crippen LogP contribution < -0.4 is 10.6 Å². The smallest absolute Gasteiger partial charge is 0.135 e. The van der Waals surface area contributed by atoms with Gasteiger partial charge in [0.05, 0.1) is 10.7 Å². The van der Waals surface area contributed by atoms with Crippen LogP contribution in [-0.2, 0) is 4.74 Å². The molecule has 21 heavy (non-hydrogen) atoms. The van der Waals surface area contributed by atoms with Crippen LogP contribution >= 0.6 is 23.2 Å². The second-order valence-corrected chi connectivity index (χ2v) is 5.15. The van der Waals surface area contributed by atoms with Crippen molar-refractivity contribution >= 4 is 40.5 Å². The first-order valence-corrected chi connectivity index (χ1v) is 7.21. The summed E-state index contributed by atoms with van der Waals surface area (Å²) in [5, 5.41) is 7.47. The van der Waals surface area contributed by atoms with Crippen molar-refractivity contribution in [2.24, 2.45) is 0 Å². The monoisotopic (exact) mass is 326 g/mol. The van der Waals surface area contributed by atoms with Crippen LogP contribution in [0.3, 0.4) is 0 Å². The summed E-state index contributed by atoms with van der Waals surface area (Å²) in [6, 6.07) is 7.06. The number of halogens is 2. The van der Waals surface area contributed by atoms with Crippen molar-refractivity contribution in [3.05, 3.63) is 40.6 Å². The Morgan fingerprint density at radius 1 is 1.14 bits per heavy atom. The fourth-order valence-electron chi connectivity index (χ4n) is 1.68. The molecule has 0 aliphatic rings. The van der Waals surface area contributed by atoms with Crippen LogP contribution in [0.2, 0.25) is 10.0 Å². The molecule has 0 aliphatic heterocycles. The van der Waals surface area contributed by atoms with Crippen LogP contribution in [0.4, 0.5) is 17.3 Å². The van der Waals surface area contributed by atoms with Crippen molar-refractivity contribution in [1.82, 2.24) is 9.97 Å². The largest absolute Gasteiger partial charge is 0.385 e. The molecule has 1 heterocycles. The van der Waals surface area contributed by atoms with E-state index >= 15 is 0 Å². The quantitative estimate of drug-likeness (QED) is 0.754. The fourth-order valence-corrected chi connectivity index (χ4v) is 2.14. The first-order chi connectivity index (χ1) is 10.2. The van der Waals surface area contributed by atoms with Crippen LogP contribution in [0.25, 0.3) is 0 Å². The number of hydrogen-bond donors (Lipinski definition) is 2. The lowest BCUT2D eigenvalue weighted by Gasteiger charge is -2.10. The van der Waals surface area contributed by atoms with Crippen molar-refractivity contribution in [3.63, 3.8) is 0 Å². The van der Waals surface area contributed by atoms with Crippen molar-refractivity contribution < 1.29 is 4.74 Å². The Kier molecular flexibility index (Phi) is 6.04. The summed E-state index contributed by atoms with van der Waals surface area (Å²) in [5.74, 6) is 1.40. The molecule has 0 aliphatic carbocycles. The average molecular weight is 327 g/mol. The normalized spacial score (nSPS) is 10.4. The first kappa shape index (κ1) is 15.8. The molecule has 0 amide bonds. The van der Waals surface area contributed by atoms with Crippen LogP contribution in [0.15, 0.2) is 30.6 Å². The Morgan fingerprint density at radius 2 is 1.95 bits per heavy atom. The SMILES string of the molecule is COCCCNc1cc(Nc2ccc(Cl)cc2Cl)ncn1. The minimum atomic E-state index is 0.538. The predicted octanol–water partition coefficient (Wildman–Crippen LogP) is 3.98. The molecule has 5 nitrogen and oxygen atoms in total. The Hall–Kier alpha value is -1.56. The lowest BCUT2D eigenvalue weighted by Crippen LogP contribution is -2.06. The van der Waals surface area contributed by atoms with Crippen molar-refractivity contribution in [2.75, 3.05) is 30.9 Å². The summed E-state index contributed by atoms with van der Waals surface area (Å²) in [4.78, 5) is 8.32. The number of hydrogen-bond acceptors (Lipinski definition) is 5. The van der Waals surface area contributed by atoms with Gasteiger partial charge in [0, 0.05) is 31.4 Å². The van der Waals surface area contributed by atoms with Gasteiger partial charge in [-0.15, -0.1) is 0 Å². The van der Waals surface area contributed by atoms with E-state index in [1.54, 1.807) is 25.3 Å². The maximum absolute atomic E-state index is 6.12. The molecule has 2 aromatic rings. The Labute approximate surface area is 133 Å². The molecule has 0 atom stereocenters. The van der Waals surface area contributed by atoms with E-state index in [-0.39, 0.29) is 0 Å². The van der Waals surface area contributed by atoms with E-state index in [1.807, 2.05) is 6.07 Å². The lowest BCUT2D eigenvalue weighted by molar-refractivity contribution is 0.198. The molecule has 2 rings (SSSR count).